The first-order valence-corrected chi connectivity index (χ1v) is 9.00. The standard InChI is InChI=1S/C18H14ClN3O2S/c1-2-15-20-21-17(25-15)22-16(23)13-5-3-4-6-14(13)18(22,24)11-7-9-12(19)10-8-11/h3-10,24H,2H2,1H3. The predicted molar refractivity (Wildman–Crippen MR) is 97.0 cm³/mol. The number of carbonyl (C=O) groups is 1. The zero-order valence-electron chi connectivity index (χ0n) is 13.3. The quantitative estimate of drug-likeness (QED) is 0.763. The first kappa shape index (κ1) is 16.2. The van der Waals surface area contributed by atoms with Crippen molar-refractivity contribution in [1.82, 2.24) is 10.2 Å². The molecular weight excluding hydrogens is 358 g/mol. The van der Waals surface area contributed by atoms with Gasteiger partial charge in [-0.1, -0.05) is 60.2 Å². The van der Waals surface area contributed by atoms with Crippen molar-refractivity contribution in [2.24, 2.45) is 0 Å². The van der Waals surface area contributed by atoms with Gasteiger partial charge in [-0.25, -0.2) is 4.90 Å². The SMILES string of the molecule is CCc1nnc(N2C(=O)c3ccccc3C2(O)c2ccc(Cl)cc2)s1. The Balaban J connectivity index is 1.95. The van der Waals surface area contributed by atoms with E-state index in [1.165, 1.54) is 16.2 Å². The summed E-state index contributed by atoms with van der Waals surface area (Å²) in [5, 5.41) is 21.6. The lowest BCUT2D eigenvalue weighted by molar-refractivity contribution is 0.0702. The number of amides is 1. The second-order valence-corrected chi connectivity index (χ2v) is 7.17. The molecule has 0 saturated heterocycles. The summed E-state index contributed by atoms with van der Waals surface area (Å²) in [4.78, 5) is 14.3. The molecule has 1 atom stereocenters. The van der Waals surface area contributed by atoms with Gasteiger partial charge < -0.3 is 5.11 Å². The number of aliphatic hydroxyl groups is 1. The molecule has 1 unspecified atom stereocenters. The summed E-state index contributed by atoms with van der Waals surface area (Å²) in [6, 6.07) is 13.9. The summed E-state index contributed by atoms with van der Waals surface area (Å²) in [5.41, 5.74) is -0.129. The highest BCUT2D eigenvalue weighted by molar-refractivity contribution is 7.15. The summed E-state index contributed by atoms with van der Waals surface area (Å²) in [6.45, 7) is 1.97. The number of benzene rings is 2. The second-order valence-electron chi connectivity index (χ2n) is 5.70. The third kappa shape index (κ3) is 2.37. The Labute approximate surface area is 153 Å². The molecule has 1 amide bonds. The maximum atomic E-state index is 13.0. The average molecular weight is 372 g/mol. The molecule has 0 bridgehead atoms. The predicted octanol–water partition coefficient (Wildman–Crippen LogP) is 3.61. The molecule has 0 saturated carbocycles. The molecule has 1 N–H and O–H groups in total. The van der Waals surface area contributed by atoms with Crippen molar-refractivity contribution in [3.8, 4) is 0 Å². The summed E-state index contributed by atoms with van der Waals surface area (Å²) < 4.78 is 0. The number of halogens is 1. The number of aryl methyl sites for hydroxylation is 1. The van der Waals surface area contributed by atoms with Crippen LogP contribution in [0, 0.1) is 0 Å². The van der Waals surface area contributed by atoms with E-state index in [0.29, 0.717) is 33.3 Å². The molecule has 1 aliphatic rings. The molecule has 0 radical (unpaired) electrons. The Morgan fingerprint density at radius 3 is 2.56 bits per heavy atom. The number of hydrogen-bond donors (Lipinski definition) is 1. The van der Waals surface area contributed by atoms with Crippen LogP contribution in [-0.2, 0) is 12.1 Å². The van der Waals surface area contributed by atoms with Gasteiger partial charge in [0.25, 0.3) is 5.91 Å². The normalized spacial score (nSPS) is 19.3. The lowest BCUT2D eigenvalue weighted by Gasteiger charge is -2.32. The molecule has 5 nitrogen and oxygen atoms in total. The lowest BCUT2D eigenvalue weighted by Crippen LogP contribution is -2.45. The maximum Gasteiger partial charge on any atom is 0.263 e. The maximum absolute atomic E-state index is 13.0. The van der Waals surface area contributed by atoms with E-state index in [4.69, 9.17) is 11.6 Å². The second kappa shape index (κ2) is 5.91. The third-order valence-corrected chi connectivity index (χ3v) is 5.56. The van der Waals surface area contributed by atoms with E-state index in [9.17, 15) is 9.90 Å². The molecule has 1 aliphatic heterocycles. The van der Waals surface area contributed by atoms with Crippen LogP contribution >= 0.6 is 22.9 Å². The number of anilines is 1. The zero-order chi connectivity index (χ0) is 17.6. The first-order valence-electron chi connectivity index (χ1n) is 7.80. The monoisotopic (exact) mass is 371 g/mol. The van der Waals surface area contributed by atoms with Crippen LogP contribution in [0.2, 0.25) is 5.02 Å². The van der Waals surface area contributed by atoms with Crippen molar-refractivity contribution in [3.05, 3.63) is 75.3 Å². The molecule has 2 heterocycles. The summed E-state index contributed by atoms with van der Waals surface area (Å²) in [7, 11) is 0. The first-order chi connectivity index (χ1) is 12.1. The zero-order valence-corrected chi connectivity index (χ0v) is 14.9. The molecule has 0 aliphatic carbocycles. The van der Waals surface area contributed by atoms with Crippen molar-refractivity contribution in [2.75, 3.05) is 4.90 Å². The number of aromatic nitrogens is 2. The molecule has 3 aromatic rings. The van der Waals surface area contributed by atoms with Crippen molar-refractivity contribution in [3.63, 3.8) is 0 Å². The van der Waals surface area contributed by atoms with Gasteiger partial charge in [-0.05, 0) is 24.6 Å². The van der Waals surface area contributed by atoms with E-state index >= 15 is 0 Å². The van der Waals surface area contributed by atoms with Crippen molar-refractivity contribution >= 4 is 34.0 Å². The molecule has 0 spiro atoms. The Hall–Kier alpha value is -2.28. The van der Waals surface area contributed by atoms with Gasteiger partial charge in [0, 0.05) is 21.7 Å². The highest BCUT2D eigenvalue weighted by atomic mass is 35.5. The fourth-order valence-electron chi connectivity index (χ4n) is 3.03. The molecule has 0 fully saturated rings. The molecule has 1 aromatic heterocycles. The van der Waals surface area contributed by atoms with Crippen LogP contribution in [0.3, 0.4) is 0 Å². The van der Waals surface area contributed by atoms with E-state index in [-0.39, 0.29) is 5.91 Å². The van der Waals surface area contributed by atoms with Gasteiger partial charge in [0.05, 0.1) is 0 Å². The van der Waals surface area contributed by atoms with Gasteiger partial charge in [0.2, 0.25) is 10.9 Å². The minimum Gasteiger partial charge on any atom is -0.363 e. The van der Waals surface area contributed by atoms with Gasteiger partial charge >= 0.3 is 0 Å². The highest BCUT2D eigenvalue weighted by Crippen LogP contribution is 2.45. The molecule has 7 heteroatoms. The topological polar surface area (TPSA) is 66.3 Å². The molecule has 25 heavy (non-hydrogen) atoms. The highest BCUT2D eigenvalue weighted by Gasteiger charge is 2.51. The fraction of sp³-hybridized carbons (Fsp3) is 0.167. The number of carbonyl (C=O) groups excluding carboxylic acids is 1. The van der Waals surface area contributed by atoms with Crippen molar-refractivity contribution < 1.29 is 9.90 Å². The largest absolute Gasteiger partial charge is 0.363 e. The molecule has 2 aromatic carbocycles. The van der Waals surface area contributed by atoms with Crippen molar-refractivity contribution in [2.45, 2.75) is 19.1 Å². The van der Waals surface area contributed by atoms with E-state index in [2.05, 4.69) is 10.2 Å². The Morgan fingerprint density at radius 1 is 1.16 bits per heavy atom. The van der Waals surface area contributed by atoms with Crippen molar-refractivity contribution in [1.29, 1.82) is 0 Å². The van der Waals surface area contributed by atoms with Crippen LogP contribution in [0.4, 0.5) is 5.13 Å². The summed E-state index contributed by atoms with van der Waals surface area (Å²) in [5.74, 6) is -0.299. The smallest absolute Gasteiger partial charge is 0.263 e. The Morgan fingerprint density at radius 2 is 1.88 bits per heavy atom. The average Bonchev–Trinajstić information content (AvgIpc) is 3.18. The fourth-order valence-corrected chi connectivity index (χ4v) is 3.98. The van der Waals surface area contributed by atoms with Gasteiger partial charge in [-0.3, -0.25) is 4.79 Å². The van der Waals surface area contributed by atoms with Crippen LogP contribution in [-0.4, -0.2) is 21.2 Å². The Bertz CT molecular complexity index is 957. The van der Waals surface area contributed by atoms with Crippen LogP contribution in [0.1, 0.15) is 33.4 Å². The third-order valence-electron chi connectivity index (χ3n) is 4.26. The van der Waals surface area contributed by atoms with E-state index in [1.807, 2.05) is 6.92 Å². The van der Waals surface area contributed by atoms with Gasteiger partial charge in [-0.15, -0.1) is 10.2 Å². The van der Waals surface area contributed by atoms with Gasteiger partial charge in [-0.2, -0.15) is 0 Å². The van der Waals surface area contributed by atoms with Crippen LogP contribution in [0.5, 0.6) is 0 Å². The number of rotatable bonds is 3. The summed E-state index contributed by atoms with van der Waals surface area (Å²) in [6.07, 6.45) is 0.714. The van der Waals surface area contributed by atoms with E-state index in [0.717, 1.165) is 5.01 Å². The van der Waals surface area contributed by atoms with E-state index in [1.54, 1.807) is 48.5 Å². The Kier molecular flexibility index (Phi) is 3.83. The molecular formula is C18H14ClN3O2S. The van der Waals surface area contributed by atoms with Crippen LogP contribution in [0.25, 0.3) is 0 Å². The van der Waals surface area contributed by atoms with Crippen LogP contribution < -0.4 is 4.90 Å². The molecule has 4 rings (SSSR count). The van der Waals surface area contributed by atoms with Gasteiger partial charge in [0.1, 0.15) is 5.01 Å². The van der Waals surface area contributed by atoms with Gasteiger partial charge in [0.15, 0.2) is 0 Å². The number of hydrogen-bond acceptors (Lipinski definition) is 5. The van der Waals surface area contributed by atoms with E-state index < -0.39 is 5.72 Å². The minimum atomic E-state index is -1.65. The van der Waals surface area contributed by atoms with Crippen LogP contribution in [0.15, 0.2) is 48.5 Å². The molecule has 126 valence electrons. The lowest BCUT2D eigenvalue weighted by atomic mass is 9.94. The minimum absolute atomic E-state index is 0.299. The number of fused-ring (bicyclic) bond motifs is 1. The summed E-state index contributed by atoms with van der Waals surface area (Å²) >= 11 is 7.29. The number of nitrogens with zero attached hydrogens (tertiary/aromatic N) is 3.